The number of anilines is 2. The smallest absolute Gasteiger partial charge is 0.238 e. The molecule has 0 unspecified atom stereocenters. The van der Waals surface area contributed by atoms with Gasteiger partial charge in [0.2, 0.25) is 11.8 Å². The van der Waals surface area contributed by atoms with Crippen LogP contribution in [0.15, 0.2) is 40.9 Å². The lowest BCUT2D eigenvalue weighted by atomic mass is 10.1. The lowest BCUT2D eigenvalue weighted by Crippen LogP contribution is -2.05. The van der Waals surface area contributed by atoms with Gasteiger partial charge < -0.3 is 14.8 Å². The Morgan fingerprint density at radius 2 is 1.63 bits per heavy atom. The molecule has 0 spiro atoms. The molecule has 0 saturated carbocycles. The van der Waals surface area contributed by atoms with Gasteiger partial charge in [0, 0.05) is 12.8 Å². The van der Waals surface area contributed by atoms with E-state index < -0.39 is 0 Å². The predicted octanol–water partition coefficient (Wildman–Crippen LogP) is 5.28. The summed E-state index contributed by atoms with van der Waals surface area (Å²) in [6.07, 6.45) is 0. The van der Waals surface area contributed by atoms with E-state index in [1.165, 1.54) is 0 Å². The molecule has 1 heterocycles. The molecular formula is C22H18BrN5O2. The summed E-state index contributed by atoms with van der Waals surface area (Å²) in [6.45, 7) is 4.02. The Balaban J connectivity index is 1.99. The molecule has 30 heavy (non-hydrogen) atoms. The molecule has 8 heteroatoms. The van der Waals surface area contributed by atoms with E-state index in [-0.39, 0.29) is 6.61 Å². The average Bonchev–Trinajstić information content (AvgIpc) is 2.74. The molecule has 3 aromatic rings. The molecular weight excluding hydrogens is 446 g/mol. The fourth-order valence-electron chi connectivity index (χ4n) is 2.86. The highest BCUT2D eigenvalue weighted by Crippen LogP contribution is 2.35. The van der Waals surface area contributed by atoms with Gasteiger partial charge in [-0.3, -0.25) is 0 Å². The first-order chi connectivity index (χ1) is 14.4. The molecule has 1 N–H and O–H groups in total. The van der Waals surface area contributed by atoms with Crippen LogP contribution in [0.25, 0.3) is 0 Å². The maximum atomic E-state index is 9.16. The predicted molar refractivity (Wildman–Crippen MR) is 116 cm³/mol. The molecule has 3 rings (SSSR count). The van der Waals surface area contributed by atoms with Gasteiger partial charge >= 0.3 is 0 Å². The van der Waals surface area contributed by atoms with Crippen molar-refractivity contribution >= 4 is 27.6 Å². The second-order valence-corrected chi connectivity index (χ2v) is 7.31. The first-order valence-corrected chi connectivity index (χ1v) is 9.76. The summed E-state index contributed by atoms with van der Waals surface area (Å²) >= 11 is 3.51. The van der Waals surface area contributed by atoms with Gasteiger partial charge in [0.15, 0.2) is 0 Å². The van der Waals surface area contributed by atoms with E-state index in [2.05, 4.69) is 43.4 Å². The van der Waals surface area contributed by atoms with Gasteiger partial charge in [-0.2, -0.15) is 15.5 Å². The van der Waals surface area contributed by atoms with Crippen molar-refractivity contribution in [2.75, 3.05) is 12.4 Å². The Hall–Kier alpha value is -3.46. The van der Waals surface area contributed by atoms with Gasteiger partial charge in [0.1, 0.15) is 10.2 Å². The quantitative estimate of drug-likeness (QED) is 0.529. The summed E-state index contributed by atoms with van der Waals surface area (Å²) in [7, 11) is 1.58. The zero-order valence-corrected chi connectivity index (χ0v) is 18.2. The molecule has 0 saturated heterocycles. The highest BCUT2D eigenvalue weighted by molar-refractivity contribution is 9.10. The van der Waals surface area contributed by atoms with Crippen LogP contribution in [0.1, 0.15) is 27.9 Å². The number of halogens is 1. The van der Waals surface area contributed by atoms with Crippen molar-refractivity contribution in [3.05, 3.63) is 68.8 Å². The van der Waals surface area contributed by atoms with Crippen molar-refractivity contribution < 1.29 is 9.47 Å². The lowest BCUT2D eigenvalue weighted by molar-refractivity contribution is 0.180. The lowest BCUT2D eigenvalue weighted by Gasteiger charge is -2.15. The van der Waals surface area contributed by atoms with E-state index in [0.29, 0.717) is 38.9 Å². The zero-order valence-electron chi connectivity index (χ0n) is 16.7. The highest BCUT2D eigenvalue weighted by atomic mass is 79.9. The molecule has 1 aromatic heterocycles. The SMILES string of the molecule is COCc1nc(Nc2ccc(C#N)cc2)nc(Oc2c(C)cc(C#N)cc2C)c1Br. The largest absolute Gasteiger partial charge is 0.437 e. The van der Waals surface area contributed by atoms with Crippen LogP contribution < -0.4 is 10.1 Å². The molecule has 0 fully saturated rings. The Morgan fingerprint density at radius 1 is 1.00 bits per heavy atom. The number of benzene rings is 2. The number of hydrogen-bond donors (Lipinski definition) is 1. The van der Waals surface area contributed by atoms with Crippen LogP contribution in [-0.2, 0) is 11.3 Å². The van der Waals surface area contributed by atoms with Crippen LogP contribution in [0.4, 0.5) is 11.6 Å². The van der Waals surface area contributed by atoms with Crippen molar-refractivity contribution in [2.45, 2.75) is 20.5 Å². The van der Waals surface area contributed by atoms with E-state index >= 15 is 0 Å². The third kappa shape index (κ3) is 4.74. The zero-order chi connectivity index (χ0) is 21.7. The molecule has 150 valence electrons. The Bertz CT molecular complexity index is 1140. The molecule has 0 bridgehead atoms. The summed E-state index contributed by atoms with van der Waals surface area (Å²) in [4.78, 5) is 8.99. The number of aryl methyl sites for hydroxylation is 2. The van der Waals surface area contributed by atoms with Crippen LogP contribution in [-0.4, -0.2) is 17.1 Å². The van der Waals surface area contributed by atoms with E-state index in [9.17, 15) is 0 Å². The number of aromatic nitrogens is 2. The fraction of sp³-hybridized carbons (Fsp3) is 0.182. The van der Waals surface area contributed by atoms with Crippen molar-refractivity contribution in [1.82, 2.24) is 9.97 Å². The Kier molecular flexibility index (Phi) is 6.63. The van der Waals surface area contributed by atoms with Gasteiger partial charge in [0.05, 0.1) is 35.6 Å². The second-order valence-electron chi connectivity index (χ2n) is 6.51. The molecule has 0 atom stereocenters. The van der Waals surface area contributed by atoms with Crippen molar-refractivity contribution in [1.29, 1.82) is 10.5 Å². The van der Waals surface area contributed by atoms with E-state index in [1.807, 2.05) is 13.8 Å². The molecule has 0 amide bonds. The number of methoxy groups -OCH3 is 1. The van der Waals surface area contributed by atoms with E-state index in [1.54, 1.807) is 43.5 Å². The van der Waals surface area contributed by atoms with Gasteiger partial charge in [-0.25, -0.2) is 4.98 Å². The molecule has 0 radical (unpaired) electrons. The van der Waals surface area contributed by atoms with Crippen LogP contribution in [0.2, 0.25) is 0 Å². The summed E-state index contributed by atoms with van der Waals surface area (Å²) in [6, 6.07) is 14.7. The third-order valence-corrected chi connectivity index (χ3v) is 5.03. The molecule has 0 aliphatic carbocycles. The molecule has 0 aliphatic rings. The minimum Gasteiger partial charge on any atom is -0.437 e. The summed E-state index contributed by atoms with van der Waals surface area (Å²) in [5.41, 5.74) is 4.13. The third-order valence-electron chi connectivity index (χ3n) is 4.23. The molecule has 7 nitrogen and oxygen atoms in total. The Labute approximate surface area is 183 Å². The minimum absolute atomic E-state index is 0.257. The number of nitriles is 2. The van der Waals surface area contributed by atoms with Crippen molar-refractivity contribution in [3.8, 4) is 23.8 Å². The van der Waals surface area contributed by atoms with E-state index in [0.717, 1.165) is 16.8 Å². The topological polar surface area (TPSA) is 104 Å². The van der Waals surface area contributed by atoms with Crippen LogP contribution >= 0.6 is 15.9 Å². The molecule has 0 aliphatic heterocycles. The normalized spacial score (nSPS) is 10.2. The number of nitrogens with zero attached hydrogens (tertiary/aromatic N) is 4. The number of hydrogen-bond acceptors (Lipinski definition) is 7. The summed E-state index contributed by atoms with van der Waals surface area (Å²) < 4.78 is 12.0. The highest BCUT2D eigenvalue weighted by Gasteiger charge is 2.17. The van der Waals surface area contributed by atoms with Gasteiger partial charge in [0.25, 0.3) is 0 Å². The van der Waals surface area contributed by atoms with Gasteiger partial charge in [-0.05, 0) is 77.3 Å². The number of ether oxygens (including phenoxy) is 2. The number of rotatable bonds is 6. The monoisotopic (exact) mass is 463 g/mol. The van der Waals surface area contributed by atoms with Crippen molar-refractivity contribution in [3.63, 3.8) is 0 Å². The maximum Gasteiger partial charge on any atom is 0.238 e. The summed E-state index contributed by atoms with van der Waals surface area (Å²) in [5.74, 6) is 1.28. The second kappa shape index (κ2) is 9.36. The first kappa shape index (κ1) is 21.3. The standard InChI is InChI=1S/C22H18BrN5O2/c1-13-8-16(11-25)9-14(2)20(13)30-21-19(23)18(12-29-3)27-22(28-21)26-17-6-4-15(10-24)5-7-17/h4-9H,12H2,1-3H3,(H,26,27,28). The minimum atomic E-state index is 0.257. The van der Waals surface area contributed by atoms with Crippen LogP contribution in [0.5, 0.6) is 11.6 Å². The first-order valence-electron chi connectivity index (χ1n) is 8.97. The van der Waals surface area contributed by atoms with Crippen LogP contribution in [0.3, 0.4) is 0 Å². The van der Waals surface area contributed by atoms with Crippen molar-refractivity contribution in [2.24, 2.45) is 0 Å². The maximum absolute atomic E-state index is 9.16. The Morgan fingerprint density at radius 3 is 2.20 bits per heavy atom. The average molecular weight is 464 g/mol. The molecule has 2 aromatic carbocycles. The van der Waals surface area contributed by atoms with Gasteiger partial charge in [-0.1, -0.05) is 0 Å². The number of nitrogens with one attached hydrogen (secondary N) is 1. The van der Waals surface area contributed by atoms with Crippen LogP contribution in [0, 0.1) is 36.5 Å². The van der Waals surface area contributed by atoms with E-state index in [4.69, 9.17) is 20.0 Å². The van der Waals surface area contributed by atoms with Gasteiger partial charge in [-0.15, -0.1) is 0 Å². The summed E-state index contributed by atoms with van der Waals surface area (Å²) in [5, 5.41) is 21.2. The fourth-order valence-corrected chi connectivity index (χ4v) is 3.23.